The van der Waals surface area contributed by atoms with Crippen LogP contribution in [0.15, 0.2) is 60.7 Å². The van der Waals surface area contributed by atoms with E-state index in [1.165, 1.54) is 5.39 Å². The molecule has 1 N–H and O–H groups in total. The van der Waals surface area contributed by atoms with Crippen molar-refractivity contribution in [2.75, 3.05) is 43.4 Å². The predicted octanol–water partition coefficient (Wildman–Crippen LogP) is 4.38. The highest BCUT2D eigenvalue weighted by atomic mass is 32.1. The SMILES string of the molecule is CN1CCN(c2nc3ccc(NC(=O)Cc4ccc5ccccc5c4)cc3s2)CC1. The first kappa shape index (κ1) is 19.0. The highest BCUT2D eigenvalue weighted by Gasteiger charge is 2.18. The molecule has 1 saturated heterocycles. The summed E-state index contributed by atoms with van der Waals surface area (Å²) in [6.45, 7) is 4.13. The number of fused-ring (bicyclic) bond motifs is 2. The number of thiazole rings is 1. The van der Waals surface area contributed by atoms with E-state index in [-0.39, 0.29) is 5.91 Å². The maximum Gasteiger partial charge on any atom is 0.228 e. The van der Waals surface area contributed by atoms with Gasteiger partial charge in [-0.2, -0.15) is 0 Å². The van der Waals surface area contributed by atoms with Crippen LogP contribution in [0, 0.1) is 0 Å². The van der Waals surface area contributed by atoms with Crippen molar-refractivity contribution < 1.29 is 4.79 Å². The van der Waals surface area contributed by atoms with Gasteiger partial charge in [0, 0.05) is 31.9 Å². The van der Waals surface area contributed by atoms with E-state index in [9.17, 15) is 4.79 Å². The van der Waals surface area contributed by atoms with Crippen LogP contribution in [0.4, 0.5) is 10.8 Å². The van der Waals surface area contributed by atoms with Gasteiger partial charge >= 0.3 is 0 Å². The molecular formula is C24H24N4OS. The summed E-state index contributed by atoms with van der Waals surface area (Å²) in [7, 11) is 2.16. The average molecular weight is 417 g/mol. The Hall–Kier alpha value is -2.96. The van der Waals surface area contributed by atoms with Crippen LogP contribution in [-0.4, -0.2) is 49.0 Å². The summed E-state index contributed by atoms with van der Waals surface area (Å²) in [5.41, 5.74) is 2.82. The van der Waals surface area contributed by atoms with Crippen LogP contribution in [-0.2, 0) is 11.2 Å². The predicted molar refractivity (Wildman–Crippen MR) is 126 cm³/mol. The monoisotopic (exact) mass is 416 g/mol. The van der Waals surface area contributed by atoms with Crippen LogP contribution in [0.1, 0.15) is 5.56 Å². The highest BCUT2D eigenvalue weighted by Crippen LogP contribution is 2.31. The molecular weight excluding hydrogens is 392 g/mol. The van der Waals surface area contributed by atoms with Gasteiger partial charge < -0.3 is 15.1 Å². The molecule has 5 nitrogen and oxygen atoms in total. The molecule has 0 aliphatic carbocycles. The normalized spacial score (nSPS) is 15.0. The molecule has 0 radical (unpaired) electrons. The number of carbonyl (C=O) groups is 1. The molecule has 0 spiro atoms. The minimum absolute atomic E-state index is 0.00608. The minimum atomic E-state index is -0.00608. The van der Waals surface area contributed by atoms with Gasteiger partial charge in [0.05, 0.1) is 16.6 Å². The summed E-state index contributed by atoms with van der Waals surface area (Å²) in [4.78, 5) is 22.1. The van der Waals surface area contributed by atoms with E-state index in [0.29, 0.717) is 6.42 Å². The zero-order valence-corrected chi connectivity index (χ0v) is 17.8. The maximum absolute atomic E-state index is 12.6. The Bertz CT molecular complexity index is 1210. The number of carbonyl (C=O) groups excluding carboxylic acids is 1. The molecule has 0 atom stereocenters. The van der Waals surface area contributed by atoms with E-state index in [1.54, 1.807) is 11.3 Å². The van der Waals surface area contributed by atoms with Crippen LogP contribution < -0.4 is 10.2 Å². The van der Waals surface area contributed by atoms with Gasteiger partial charge in [0.25, 0.3) is 0 Å². The topological polar surface area (TPSA) is 48.5 Å². The number of benzene rings is 3. The van der Waals surface area contributed by atoms with Crippen LogP contribution in [0.25, 0.3) is 21.0 Å². The van der Waals surface area contributed by atoms with Crippen molar-refractivity contribution in [1.82, 2.24) is 9.88 Å². The van der Waals surface area contributed by atoms with Crippen molar-refractivity contribution in [3.63, 3.8) is 0 Å². The Morgan fingerprint density at radius 2 is 1.80 bits per heavy atom. The molecule has 1 aliphatic heterocycles. The van der Waals surface area contributed by atoms with Crippen molar-refractivity contribution in [1.29, 1.82) is 0 Å². The molecule has 1 aliphatic rings. The largest absolute Gasteiger partial charge is 0.345 e. The summed E-state index contributed by atoms with van der Waals surface area (Å²) in [5.74, 6) is -0.00608. The van der Waals surface area contributed by atoms with E-state index in [4.69, 9.17) is 4.98 Å². The van der Waals surface area contributed by atoms with E-state index in [1.807, 2.05) is 36.4 Å². The van der Waals surface area contributed by atoms with Gasteiger partial charge in [0.15, 0.2) is 5.13 Å². The van der Waals surface area contributed by atoms with E-state index in [0.717, 1.165) is 58.2 Å². The molecule has 2 heterocycles. The van der Waals surface area contributed by atoms with Crippen molar-refractivity contribution in [3.05, 3.63) is 66.2 Å². The van der Waals surface area contributed by atoms with Gasteiger partial charge in [0.2, 0.25) is 5.91 Å². The third kappa shape index (κ3) is 4.01. The molecule has 0 unspecified atom stereocenters. The minimum Gasteiger partial charge on any atom is -0.345 e. The number of amides is 1. The Morgan fingerprint density at radius 3 is 2.63 bits per heavy atom. The third-order valence-electron chi connectivity index (χ3n) is 5.61. The zero-order valence-electron chi connectivity index (χ0n) is 17.0. The number of nitrogens with zero attached hydrogens (tertiary/aromatic N) is 3. The summed E-state index contributed by atoms with van der Waals surface area (Å²) < 4.78 is 1.10. The second-order valence-corrected chi connectivity index (χ2v) is 8.88. The summed E-state index contributed by atoms with van der Waals surface area (Å²) in [6, 6.07) is 20.4. The fraction of sp³-hybridized carbons (Fsp3) is 0.250. The van der Waals surface area contributed by atoms with Gasteiger partial charge in [-0.3, -0.25) is 4.79 Å². The van der Waals surface area contributed by atoms with Gasteiger partial charge in [-0.1, -0.05) is 53.8 Å². The van der Waals surface area contributed by atoms with E-state index >= 15 is 0 Å². The molecule has 1 fully saturated rings. The standard InChI is InChI=1S/C24H24N4OS/c1-27-10-12-28(13-11-27)24-26-21-9-8-20(16-22(21)30-24)25-23(29)15-17-6-7-18-4-2-3-5-19(18)14-17/h2-9,14,16H,10-13,15H2,1H3,(H,25,29). The Morgan fingerprint density at radius 1 is 1.00 bits per heavy atom. The first-order valence-electron chi connectivity index (χ1n) is 10.3. The average Bonchev–Trinajstić information content (AvgIpc) is 3.17. The number of piperazine rings is 1. The van der Waals surface area contributed by atoms with Crippen LogP contribution in [0.2, 0.25) is 0 Å². The molecule has 0 bridgehead atoms. The van der Waals surface area contributed by atoms with Crippen LogP contribution in [0.3, 0.4) is 0 Å². The van der Waals surface area contributed by atoms with Crippen LogP contribution >= 0.6 is 11.3 Å². The molecule has 0 saturated carbocycles. The lowest BCUT2D eigenvalue weighted by atomic mass is 10.0. The summed E-state index contributed by atoms with van der Waals surface area (Å²) in [6.07, 6.45) is 0.359. The second kappa shape index (κ2) is 8.05. The lowest BCUT2D eigenvalue weighted by molar-refractivity contribution is -0.115. The Balaban J connectivity index is 1.29. The number of anilines is 2. The first-order valence-corrected chi connectivity index (χ1v) is 11.1. The quantitative estimate of drug-likeness (QED) is 0.536. The fourth-order valence-corrected chi connectivity index (χ4v) is 4.92. The Labute approximate surface area is 179 Å². The molecule has 152 valence electrons. The smallest absolute Gasteiger partial charge is 0.228 e. The third-order valence-corrected chi connectivity index (χ3v) is 6.69. The van der Waals surface area contributed by atoms with Crippen molar-refractivity contribution in [3.8, 4) is 0 Å². The molecule has 1 amide bonds. The summed E-state index contributed by atoms with van der Waals surface area (Å²) in [5, 5.41) is 6.46. The van der Waals surface area contributed by atoms with Gasteiger partial charge in [-0.15, -0.1) is 0 Å². The molecule has 6 heteroatoms. The molecule has 30 heavy (non-hydrogen) atoms. The number of hydrogen-bond acceptors (Lipinski definition) is 5. The second-order valence-electron chi connectivity index (χ2n) is 7.88. The number of rotatable bonds is 4. The van der Waals surface area contributed by atoms with Crippen molar-refractivity contribution in [2.45, 2.75) is 6.42 Å². The zero-order chi connectivity index (χ0) is 20.5. The molecule has 5 rings (SSSR count). The molecule has 3 aromatic carbocycles. The molecule has 4 aromatic rings. The number of hydrogen-bond donors (Lipinski definition) is 1. The van der Waals surface area contributed by atoms with Gasteiger partial charge in [-0.05, 0) is 41.6 Å². The van der Waals surface area contributed by atoms with Gasteiger partial charge in [0.1, 0.15) is 0 Å². The lowest BCUT2D eigenvalue weighted by Crippen LogP contribution is -2.44. The maximum atomic E-state index is 12.6. The van der Waals surface area contributed by atoms with Crippen molar-refractivity contribution >= 4 is 49.1 Å². The first-order chi connectivity index (χ1) is 14.6. The number of likely N-dealkylation sites (N-methyl/N-ethyl adjacent to an activating group) is 1. The lowest BCUT2D eigenvalue weighted by Gasteiger charge is -2.31. The fourth-order valence-electron chi connectivity index (χ4n) is 3.86. The van der Waals surface area contributed by atoms with E-state index in [2.05, 4.69) is 46.4 Å². The Kier molecular flexibility index (Phi) is 5.11. The van der Waals surface area contributed by atoms with E-state index < -0.39 is 0 Å². The number of nitrogens with one attached hydrogen (secondary N) is 1. The summed E-state index contributed by atoms with van der Waals surface area (Å²) >= 11 is 1.70. The van der Waals surface area contributed by atoms with Crippen LogP contribution in [0.5, 0.6) is 0 Å². The molecule has 1 aromatic heterocycles. The highest BCUT2D eigenvalue weighted by molar-refractivity contribution is 7.22. The number of aromatic nitrogens is 1. The van der Waals surface area contributed by atoms with Gasteiger partial charge in [-0.25, -0.2) is 4.98 Å². The van der Waals surface area contributed by atoms with Crippen molar-refractivity contribution in [2.24, 2.45) is 0 Å².